The van der Waals surface area contributed by atoms with Crippen LogP contribution in [-0.2, 0) is 19.1 Å². The molecule has 1 aromatic heterocycles. The third-order valence-electron chi connectivity index (χ3n) is 10.9. The zero-order valence-corrected chi connectivity index (χ0v) is 35.1. The van der Waals surface area contributed by atoms with Crippen molar-refractivity contribution in [2.24, 2.45) is 16.4 Å². The molecule has 0 aliphatic carbocycles. The Morgan fingerprint density at radius 3 is 2.18 bits per heavy atom. The number of nitrogens with one attached hydrogen (secondary N) is 1. The van der Waals surface area contributed by atoms with Crippen molar-refractivity contribution in [3.8, 4) is 0 Å². The number of esters is 1. The minimum absolute atomic E-state index is 0.0425. The summed E-state index contributed by atoms with van der Waals surface area (Å²) in [5.74, 6) is -0.0791. The van der Waals surface area contributed by atoms with E-state index in [9.17, 15) is 14.4 Å². The molecule has 1 aliphatic heterocycles. The third-order valence-corrected chi connectivity index (χ3v) is 11.7. The van der Waals surface area contributed by atoms with Gasteiger partial charge in [-0.05, 0) is 74.6 Å². The molecule has 0 saturated heterocycles. The van der Waals surface area contributed by atoms with Gasteiger partial charge >= 0.3 is 5.97 Å². The Kier molecular flexibility index (Phi) is 18.0. The highest BCUT2D eigenvalue weighted by Crippen LogP contribution is 2.40. The number of amidine groups is 1. The molecule has 1 N–H and O–H groups in total. The van der Waals surface area contributed by atoms with Gasteiger partial charge in [-0.3, -0.25) is 19.1 Å². The molecular formula is C43H58Cl3N5O4. The van der Waals surface area contributed by atoms with Crippen LogP contribution in [0.5, 0.6) is 0 Å². The van der Waals surface area contributed by atoms with Crippen LogP contribution < -0.4 is 10.3 Å². The predicted molar refractivity (Wildman–Crippen MR) is 224 cm³/mol. The summed E-state index contributed by atoms with van der Waals surface area (Å²) in [6.45, 7) is 8.80. The molecule has 55 heavy (non-hydrogen) atoms. The van der Waals surface area contributed by atoms with E-state index in [4.69, 9.17) is 39.5 Å². The lowest BCUT2D eigenvalue weighted by Crippen LogP contribution is -2.45. The number of carbonyl (C=O) groups is 3. The van der Waals surface area contributed by atoms with Crippen molar-refractivity contribution in [2.75, 3.05) is 11.6 Å². The van der Waals surface area contributed by atoms with Crippen LogP contribution in [0.3, 0.4) is 0 Å². The summed E-state index contributed by atoms with van der Waals surface area (Å²) < 4.78 is 7.13. The van der Waals surface area contributed by atoms with Crippen molar-refractivity contribution in [3.05, 3.63) is 81.6 Å². The van der Waals surface area contributed by atoms with Crippen LogP contribution in [0.25, 0.3) is 0 Å². The number of amides is 2. The average Bonchev–Trinajstić information content (AvgIpc) is 3.81. The van der Waals surface area contributed by atoms with E-state index in [0.717, 1.165) is 88.5 Å². The molecule has 2 amide bonds. The lowest BCUT2D eigenvalue weighted by molar-refractivity contribution is -0.149. The first-order chi connectivity index (χ1) is 26.5. The van der Waals surface area contributed by atoms with Crippen LogP contribution >= 0.6 is 34.8 Å². The Morgan fingerprint density at radius 1 is 0.891 bits per heavy atom. The number of nitrogens with zero attached hydrogens (tertiary/aromatic N) is 4. The number of unbranched alkanes of at least 4 members (excludes halogenated alkanes) is 6. The van der Waals surface area contributed by atoms with E-state index in [0.29, 0.717) is 30.4 Å². The van der Waals surface area contributed by atoms with E-state index in [1.165, 1.54) is 22.4 Å². The molecule has 0 radical (unpaired) electrons. The fraction of sp³-hybridized carbons (Fsp3) is 0.558. The molecular weight excluding hydrogens is 757 g/mol. The second-order valence-electron chi connectivity index (χ2n) is 14.9. The third kappa shape index (κ3) is 12.5. The van der Waals surface area contributed by atoms with Crippen molar-refractivity contribution in [3.63, 3.8) is 0 Å². The van der Waals surface area contributed by atoms with Crippen LogP contribution in [0.1, 0.15) is 142 Å². The quantitative estimate of drug-likeness (QED) is 0.0758. The van der Waals surface area contributed by atoms with Crippen molar-refractivity contribution < 1.29 is 19.1 Å². The van der Waals surface area contributed by atoms with Crippen molar-refractivity contribution >= 4 is 64.1 Å². The van der Waals surface area contributed by atoms with Gasteiger partial charge in [0.2, 0.25) is 5.91 Å². The summed E-state index contributed by atoms with van der Waals surface area (Å²) in [5.41, 5.74) is 0.895. The van der Waals surface area contributed by atoms with Gasteiger partial charge in [-0.2, -0.15) is 10.1 Å². The molecule has 0 saturated carbocycles. The standard InChI is InChI=1S/C43H58Cl3N5O4/c1-5-8-28-55-41(53)33(24-17-16-20-31(6-2)32-21-14-12-15-22-32)23-13-10-9-11-18-25-43(4,7-3)42(54)48-39-38(50-27-19-26-47-50)40(52)51(49-39)37-35(45)29-34(44)30-36(37)46/h12,14-15,19,21-22,26-27,29-31,33,38H,5-11,13,16-18,20,23-25,28H2,1-4H3,(H,48,49,54). The smallest absolute Gasteiger partial charge is 0.308 e. The zero-order valence-electron chi connectivity index (χ0n) is 32.9. The molecule has 12 heteroatoms. The highest BCUT2D eigenvalue weighted by Gasteiger charge is 2.43. The van der Waals surface area contributed by atoms with Crippen molar-refractivity contribution in [1.29, 1.82) is 0 Å². The SMILES string of the molecule is CCCCOC(=O)C(CCCCCCCC(C)(CC)C(=O)NC1=NN(c2c(Cl)cc(Cl)cc2Cl)C(=O)C1n1cccn1)CCCCC(CC)c1ccccc1. The van der Waals surface area contributed by atoms with Crippen LogP contribution in [0.4, 0.5) is 5.69 Å². The summed E-state index contributed by atoms with van der Waals surface area (Å²) in [6, 6.07) is 14.4. The van der Waals surface area contributed by atoms with E-state index in [-0.39, 0.29) is 39.4 Å². The van der Waals surface area contributed by atoms with E-state index in [1.807, 2.05) is 13.8 Å². The van der Waals surface area contributed by atoms with E-state index >= 15 is 0 Å². The first-order valence-electron chi connectivity index (χ1n) is 20.1. The number of ether oxygens (including phenoxy) is 1. The van der Waals surface area contributed by atoms with Gasteiger partial charge in [0, 0.05) is 22.8 Å². The molecule has 4 rings (SSSR count). The minimum atomic E-state index is -1.00. The Bertz CT molecular complexity index is 1680. The summed E-state index contributed by atoms with van der Waals surface area (Å²) in [4.78, 5) is 40.6. The lowest BCUT2D eigenvalue weighted by atomic mass is 9.81. The Hall–Kier alpha value is -3.40. The van der Waals surface area contributed by atoms with E-state index in [2.05, 4.69) is 59.7 Å². The maximum absolute atomic E-state index is 13.9. The number of benzene rings is 2. The summed E-state index contributed by atoms with van der Waals surface area (Å²) in [5, 5.41) is 13.5. The maximum atomic E-state index is 13.9. The first-order valence-corrected chi connectivity index (χ1v) is 21.2. The molecule has 4 atom stereocenters. The number of hydrogen-bond acceptors (Lipinski definition) is 6. The first kappa shape index (κ1) is 44.3. The number of aromatic nitrogens is 2. The Labute approximate surface area is 342 Å². The van der Waals surface area contributed by atoms with Crippen LogP contribution in [0, 0.1) is 11.3 Å². The molecule has 0 spiro atoms. The van der Waals surface area contributed by atoms with E-state index in [1.54, 1.807) is 18.5 Å². The fourth-order valence-corrected chi connectivity index (χ4v) is 8.17. The maximum Gasteiger partial charge on any atom is 0.308 e. The molecule has 2 aromatic carbocycles. The summed E-state index contributed by atoms with van der Waals surface area (Å²) in [7, 11) is 0. The number of carbonyl (C=O) groups excluding carboxylic acids is 3. The largest absolute Gasteiger partial charge is 0.465 e. The second-order valence-corrected chi connectivity index (χ2v) is 16.2. The molecule has 3 aromatic rings. The summed E-state index contributed by atoms with van der Waals surface area (Å²) >= 11 is 19.0. The Balaban J connectivity index is 1.27. The number of halogens is 3. The molecule has 9 nitrogen and oxygen atoms in total. The normalized spacial score (nSPS) is 16.4. The monoisotopic (exact) mass is 813 g/mol. The highest BCUT2D eigenvalue weighted by atomic mass is 35.5. The van der Waals surface area contributed by atoms with Gasteiger partial charge < -0.3 is 10.1 Å². The summed E-state index contributed by atoms with van der Waals surface area (Å²) in [6.07, 6.45) is 17.3. The predicted octanol–water partition coefficient (Wildman–Crippen LogP) is 11.7. The van der Waals surface area contributed by atoms with Gasteiger partial charge in [0.1, 0.15) is 5.69 Å². The van der Waals surface area contributed by atoms with Crippen molar-refractivity contribution in [2.45, 2.75) is 136 Å². The molecule has 1 aliphatic rings. The number of hydrazone groups is 1. The van der Waals surface area contributed by atoms with Crippen molar-refractivity contribution in [1.82, 2.24) is 15.1 Å². The van der Waals surface area contributed by atoms with Gasteiger partial charge in [0.25, 0.3) is 5.91 Å². The van der Waals surface area contributed by atoms with Crippen LogP contribution in [-0.4, -0.2) is 40.0 Å². The van der Waals surface area contributed by atoms with Gasteiger partial charge in [-0.1, -0.05) is 144 Å². The topological polar surface area (TPSA) is 106 Å². The lowest BCUT2D eigenvalue weighted by Gasteiger charge is -2.27. The average molecular weight is 815 g/mol. The molecule has 0 fully saturated rings. The van der Waals surface area contributed by atoms with Gasteiger partial charge in [-0.15, -0.1) is 5.10 Å². The number of rotatable bonds is 23. The molecule has 300 valence electrons. The second kappa shape index (κ2) is 22.4. The van der Waals surface area contributed by atoms with Crippen LogP contribution in [0.2, 0.25) is 15.1 Å². The van der Waals surface area contributed by atoms with Crippen LogP contribution in [0.15, 0.2) is 66.0 Å². The zero-order chi connectivity index (χ0) is 39.8. The molecule has 2 heterocycles. The fourth-order valence-electron chi connectivity index (χ4n) is 7.19. The van der Waals surface area contributed by atoms with E-state index < -0.39 is 17.4 Å². The van der Waals surface area contributed by atoms with Gasteiger partial charge in [0.05, 0.1) is 22.6 Å². The van der Waals surface area contributed by atoms with Gasteiger partial charge in [-0.25, -0.2) is 0 Å². The highest BCUT2D eigenvalue weighted by molar-refractivity contribution is 6.42. The van der Waals surface area contributed by atoms with Gasteiger partial charge in [0.15, 0.2) is 11.9 Å². The number of anilines is 1. The Morgan fingerprint density at radius 2 is 1.55 bits per heavy atom. The molecule has 0 bridgehead atoms. The number of hydrogen-bond donors (Lipinski definition) is 1. The minimum Gasteiger partial charge on any atom is -0.465 e. The molecule has 4 unspecified atom stereocenters.